The van der Waals surface area contributed by atoms with Crippen molar-refractivity contribution >= 4 is 26.2 Å². The van der Waals surface area contributed by atoms with Gasteiger partial charge in [-0.2, -0.15) is 0 Å². The maximum atomic E-state index is 11.1. The highest BCUT2D eigenvalue weighted by Crippen LogP contribution is 2.20. The molecule has 0 amide bonds. The molecule has 0 aliphatic heterocycles. The van der Waals surface area contributed by atoms with Crippen molar-refractivity contribution in [2.75, 3.05) is 11.5 Å². The van der Waals surface area contributed by atoms with Crippen LogP contribution in [0.2, 0.25) is 0 Å². The zero-order valence-corrected chi connectivity index (χ0v) is 7.58. The Morgan fingerprint density at radius 3 is 2.73 bits per heavy atom. The lowest BCUT2D eigenvalue weighted by atomic mass is 10.9. The maximum absolute atomic E-state index is 11.1. The van der Waals surface area contributed by atoms with Crippen LogP contribution in [0.3, 0.4) is 0 Å². The van der Waals surface area contributed by atoms with Gasteiger partial charge >= 0.3 is 0 Å². The molecular formula is C5H8N2O2S2. The lowest BCUT2D eigenvalue weighted by molar-refractivity contribution is 0.596. The minimum Gasteiger partial charge on any atom is -0.389 e. The first-order valence-electron chi connectivity index (χ1n) is 3.00. The van der Waals surface area contributed by atoms with E-state index in [9.17, 15) is 8.42 Å². The monoisotopic (exact) mass is 192 g/mol. The van der Waals surface area contributed by atoms with E-state index in [1.165, 1.54) is 6.20 Å². The molecule has 0 saturated carbocycles. The topological polar surface area (TPSA) is 73.0 Å². The normalized spacial score (nSPS) is 11.7. The fraction of sp³-hybridized carbons (Fsp3) is 0.400. The van der Waals surface area contributed by atoms with E-state index in [-0.39, 0.29) is 10.1 Å². The van der Waals surface area contributed by atoms with Gasteiger partial charge in [0.05, 0.1) is 11.9 Å². The Labute approximate surface area is 69.0 Å². The van der Waals surface area contributed by atoms with Gasteiger partial charge in [0.25, 0.3) is 0 Å². The van der Waals surface area contributed by atoms with E-state index in [0.717, 1.165) is 11.3 Å². The molecule has 11 heavy (non-hydrogen) atoms. The fourth-order valence-electron chi connectivity index (χ4n) is 0.537. The van der Waals surface area contributed by atoms with Gasteiger partial charge in [0.1, 0.15) is 5.00 Å². The molecule has 6 heteroatoms. The Bertz CT molecular complexity index is 341. The van der Waals surface area contributed by atoms with Crippen LogP contribution < -0.4 is 5.73 Å². The van der Waals surface area contributed by atoms with Crippen molar-refractivity contribution in [2.45, 2.75) is 11.3 Å². The molecule has 0 spiro atoms. The second kappa shape index (κ2) is 2.78. The summed E-state index contributed by atoms with van der Waals surface area (Å²) in [4.78, 5) is 3.66. The molecule has 0 radical (unpaired) electrons. The van der Waals surface area contributed by atoms with Gasteiger partial charge in [-0.05, 0) is 0 Å². The number of sulfone groups is 1. The van der Waals surface area contributed by atoms with Gasteiger partial charge in [-0.25, -0.2) is 13.4 Å². The van der Waals surface area contributed by atoms with Gasteiger partial charge in [0.2, 0.25) is 14.2 Å². The summed E-state index contributed by atoms with van der Waals surface area (Å²) in [6.45, 7) is 1.58. The lowest BCUT2D eigenvalue weighted by Gasteiger charge is -1.91. The third kappa shape index (κ3) is 1.69. The van der Waals surface area contributed by atoms with Crippen LogP contribution in [-0.4, -0.2) is 19.2 Å². The number of anilines is 1. The quantitative estimate of drug-likeness (QED) is 0.741. The third-order valence-corrected chi connectivity index (χ3v) is 4.18. The molecule has 1 rings (SSSR count). The number of hydrogen-bond acceptors (Lipinski definition) is 5. The molecule has 0 aromatic carbocycles. The Hall–Kier alpha value is -0.620. The Morgan fingerprint density at radius 2 is 2.36 bits per heavy atom. The van der Waals surface area contributed by atoms with Crippen molar-refractivity contribution < 1.29 is 8.42 Å². The lowest BCUT2D eigenvalue weighted by Crippen LogP contribution is -2.02. The maximum Gasteiger partial charge on any atom is 0.211 e. The summed E-state index contributed by atoms with van der Waals surface area (Å²) in [5.41, 5.74) is 5.32. The van der Waals surface area contributed by atoms with E-state index < -0.39 is 9.84 Å². The van der Waals surface area contributed by atoms with Crippen LogP contribution in [-0.2, 0) is 9.84 Å². The van der Waals surface area contributed by atoms with Crippen LogP contribution in [0.5, 0.6) is 0 Å². The Morgan fingerprint density at radius 1 is 1.73 bits per heavy atom. The SMILES string of the molecule is CCS(=O)(=O)c1ncc(N)s1. The summed E-state index contributed by atoms with van der Waals surface area (Å²) in [5.74, 6) is 0.0694. The highest BCUT2D eigenvalue weighted by molar-refractivity contribution is 7.93. The van der Waals surface area contributed by atoms with E-state index >= 15 is 0 Å². The first kappa shape index (κ1) is 8.48. The van der Waals surface area contributed by atoms with Crippen molar-refractivity contribution in [1.82, 2.24) is 4.98 Å². The molecule has 1 heterocycles. The van der Waals surface area contributed by atoms with Gasteiger partial charge in [-0.15, -0.1) is 0 Å². The average Bonchev–Trinajstić information content (AvgIpc) is 2.36. The number of nitrogens with two attached hydrogens (primary N) is 1. The van der Waals surface area contributed by atoms with E-state index in [2.05, 4.69) is 4.98 Å². The predicted molar refractivity (Wildman–Crippen MR) is 44.3 cm³/mol. The molecule has 0 aliphatic rings. The summed E-state index contributed by atoms with van der Waals surface area (Å²) in [6.07, 6.45) is 1.35. The first-order valence-corrected chi connectivity index (χ1v) is 5.47. The highest BCUT2D eigenvalue weighted by atomic mass is 32.2. The zero-order valence-electron chi connectivity index (χ0n) is 5.94. The zero-order chi connectivity index (χ0) is 8.48. The molecule has 4 nitrogen and oxygen atoms in total. The number of aromatic nitrogens is 1. The molecular weight excluding hydrogens is 184 g/mol. The number of hydrogen-bond donors (Lipinski definition) is 1. The number of nitrogens with zero attached hydrogens (tertiary/aromatic N) is 1. The van der Waals surface area contributed by atoms with Crippen molar-refractivity contribution in [3.63, 3.8) is 0 Å². The highest BCUT2D eigenvalue weighted by Gasteiger charge is 2.14. The molecule has 0 atom stereocenters. The standard InChI is InChI=1S/C5H8N2O2S2/c1-2-11(8,9)5-7-3-4(6)10-5/h3H,2,6H2,1H3. The Kier molecular flexibility index (Phi) is 2.15. The third-order valence-electron chi connectivity index (χ3n) is 1.15. The predicted octanol–water partition coefficient (Wildman–Crippen LogP) is 0.519. The largest absolute Gasteiger partial charge is 0.389 e. The average molecular weight is 192 g/mol. The van der Waals surface area contributed by atoms with E-state index in [1.54, 1.807) is 6.92 Å². The van der Waals surface area contributed by atoms with Gasteiger partial charge in [0.15, 0.2) is 0 Å². The van der Waals surface area contributed by atoms with E-state index in [4.69, 9.17) is 5.73 Å². The number of thiazole rings is 1. The fourth-order valence-corrected chi connectivity index (χ4v) is 2.56. The van der Waals surface area contributed by atoms with Gasteiger partial charge in [-0.1, -0.05) is 18.3 Å². The summed E-state index contributed by atoms with van der Waals surface area (Å²) in [6, 6.07) is 0. The molecule has 1 aromatic heterocycles. The van der Waals surface area contributed by atoms with Gasteiger partial charge in [-0.3, -0.25) is 0 Å². The first-order chi connectivity index (χ1) is 5.06. The molecule has 1 aromatic rings. The second-order valence-electron chi connectivity index (χ2n) is 1.93. The molecule has 0 bridgehead atoms. The van der Waals surface area contributed by atoms with Crippen LogP contribution in [0, 0.1) is 0 Å². The summed E-state index contributed by atoms with van der Waals surface area (Å²) in [5, 5.41) is 0.428. The molecule has 0 saturated heterocycles. The van der Waals surface area contributed by atoms with Crippen LogP contribution in [0.1, 0.15) is 6.92 Å². The number of rotatable bonds is 2. The van der Waals surface area contributed by atoms with Crippen LogP contribution in [0.4, 0.5) is 5.00 Å². The van der Waals surface area contributed by atoms with Gasteiger partial charge in [0, 0.05) is 0 Å². The Balaban J connectivity index is 3.13. The van der Waals surface area contributed by atoms with Crippen LogP contribution >= 0.6 is 11.3 Å². The minimum atomic E-state index is -3.15. The van der Waals surface area contributed by atoms with Crippen molar-refractivity contribution in [3.8, 4) is 0 Å². The summed E-state index contributed by atoms with van der Waals surface area (Å²) in [7, 11) is -3.15. The van der Waals surface area contributed by atoms with Crippen LogP contribution in [0.25, 0.3) is 0 Å². The van der Waals surface area contributed by atoms with Crippen LogP contribution in [0.15, 0.2) is 10.5 Å². The molecule has 62 valence electrons. The van der Waals surface area contributed by atoms with Crippen molar-refractivity contribution in [2.24, 2.45) is 0 Å². The van der Waals surface area contributed by atoms with Crippen molar-refractivity contribution in [1.29, 1.82) is 0 Å². The number of nitrogen functional groups attached to an aromatic ring is 1. The van der Waals surface area contributed by atoms with Gasteiger partial charge < -0.3 is 5.73 Å². The molecule has 2 N–H and O–H groups in total. The minimum absolute atomic E-state index is 0.0694. The smallest absolute Gasteiger partial charge is 0.211 e. The van der Waals surface area contributed by atoms with E-state index in [0.29, 0.717) is 5.00 Å². The molecule has 0 fully saturated rings. The second-order valence-corrected chi connectivity index (χ2v) is 5.45. The van der Waals surface area contributed by atoms with Crippen molar-refractivity contribution in [3.05, 3.63) is 6.20 Å². The summed E-state index contributed by atoms with van der Waals surface area (Å²) >= 11 is 0.998. The molecule has 0 unspecified atom stereocenters. The molecule has 0 aliphatic carbocycles. The summed E-state index contributed by atoms with van der Waals surface area (Å²) < 4.78 is 22.3. The van der Waals surface area contributed by atoms with E-state index in [1.807, 2.05) is 0 Å².